The van der Waals surface area contributed by atoms with Crippen molar-refractivity contribution >= 4 is 11.9 Å². The van der Waals surface area contributed by atoms with Crippen molar-refractivity contribution in [2.45, 2.75) is 32.8 Å². The molecule has 2 unspecified atom stereocenters. The number of aliphatic hydroxyl groups excluding tert-OH is 1. The number of carbonyl (C=O) groups excluding carboxylic acids is 2. The molecule has 16 heavy (non-hydrogen) atoms. The van der Waals surface area contributed by atoms with Gasteiger partial charge in [-0.25, -0.2) is 0 Å². The summed E-state index contributed by atoms with van der Waals surface area (Å²) < 4.78 is 9.03. The van der Waals surface area contributed by atoms with E-state index in [0.717, 1.165) is 0 Å². The predicted octanol–water partition coefficient (Wildman–Crippen LogP) is 0.746. The van der Waals surface area contributed by atoms with Gasteiger partial charge in [0.2, 0.25) is 0 Å². The summed E-state index contributed by atoms with van der Waals surface area (Å²) >= 11 is 0. The Bertz CT molecular complexity index is 237. The molecule has 0 rings (SSSR count). The van der Waals surface area contributed by atoms with Crippen molar-refractivity contribution < 1.29 is 24.2 Å². The van der Waals surface area contributed by atoms with Crippen LogP contribution in [0.3, 0.4) is 0 Å². The van der Waals surface area contributed by atoms with Crippen molar-refractivity contribution in [2.75, 3.05) is 14.2 Å². The lowest BCUT2D eigenvalue weighted by molar-refractivity contribution is -0.156. The minimum atomic E-state index is -0.883. The summed E-state index contributed by atoms with van der Waals surface area (Å²) in [4.78, 5) is 22.5. The van der Waals surface area contributed by atoms with Gasteiger partial charge in [-0.05, 0) is 12.3 Å². The van der Waals surface area contributed by atoms with Crippen molar-refractivity contribution in [2.24, 2.45) is 11.8 Å². The van der Waals surface area contributed by atoms with Crippen molar-refractivity contribution in [1.29, 1.82) is 0 Å². The van der Waals surface area contributed by atoms with Crippen LogP contribution in [0.5, 0.6) is 0 Å². The van der Waals surface area contributed by atoms with Crippen LogP contribution in [0.25, 0.3) is 0 Å². The van der Waals surface area contributed by atoms with E-state index in [1.54, 1.807) is 0 Å². The fourth-order valence-electron chi connectivity index (χ4n) is 1.44. The van der Waals surface area contributed by atoms with Crippen LogP contribution in [0, 0.1) is 11.8 Å². The zero-order valence-electron chi connectivity index (χ0n) is 10.2. The molecular weight excluding hydrogens is 212 g/mol. The normalized spacial score (nSPS) is 14.4. The largest absolute Gasteiger partial charge is 0.469 e. The topological polar surface area (TPSA) is 72.8 Å². The van der Waals surface area contributed by atoms with Crippen LogP contribution < -0.4 is 0 Å². The molecule has 0 aromatic carbocycles. The standard InChI is InChI=1S/C11H20O5/c1-7(2)5-9(12)8(11(14)16-4)6-10(13)15-3/h7-9,12H,5-6H2,1-4H3. The smallest absolute Gasteiger partial charge is 0.311 e. The number of carbonyl (C=O) groups is 2. The van der Waals surface area contributed by atoms with Gasteiger partial charge >= 0.3 is 11.9 Å². The highest BCUT2D eigenvalue weighted by molar-refractivity contribution is 5.80. The minimum absolute atomic E-state index is 0.156. The number of aliphatic hydroxyl groups is 1. The number of hydrogen-bond acceptors (Lipinski definition) is 5. The number of esters is 2. The molecule has 0 saturated carbocycles. The monoisotopic (exact) mass is 232 g/mol. The molecule has 0 aliphatic heterocycles. The van der Waals surface area contributed by atoms with Gasteiger partial charge in [-0.1, -0.05) is 13.8 Å². The van der Waals surface area contributed by atoms with Crippen LogP contribution in [0.4, 0.5) is 0 Å². The second-order valence-electron chi connectivity index (χ2n) is 4.11. The Morgan fingerprint density at radius 2 is 1.75 bits per heavy atom. The van der Waals surface area contributed by atoms with Crippen molar-refractivity contribution in [3.63, 3.8) is 0 Å². The molecule has 0 amide bonds. The zero-order valence-corrected chi connectivity index (χ0v) is 10.2. The number of rotatable bonds is 6. The number of methoxy groups -OCH3 is 2. The first-order valence-corrected chi connectivity index (χ1v) is 5.25. The Balaban J connectivity index is 4.53. The highest BCUT2D eigenvalue weighted by Crippen LogP contribution is 2.18. The average Bonchev–Trinajstić information content (AvgIpc) is 2.23. The molecule has 0 aliphatic carbocycles. The van der Waals surface area contributed by atoms with Gasteiger partial charge in [0.15, 0.2) is 0 Å². The SMILES string of the molecule is COC(=O)CC(C(=O)OC)C(O)CC(C)C. The third-order valence-electron chi connectivity index (χ3n) is 2.30. The Kier molecular flexibility index (Phi) is 6.72. The first-order valence-electron chi connectivity index (χ1n) is 5.25. The molecule has 94 valence electrons. The summed E-state index contributed by atoms with van der Waals surface area (Å²) in [5, 5.41) is 9.82. The summed E-state index contributed by atoms with van der Waals surface area (Å²) in [6.07, 6.45) is -0.597. The second kappa shape index (κ2) is 7.22. The molecule has 5 heteroatoms. The van der Waals surface area contributed by atoms with E-state index in [1.165, 1.54) is 14.2 Å². The molecule has 0 bridgehead atoms. The van der Waals surface area contributed by atoms with E-state index < -0.39 is 24.0 Å². The van der Waals surface area contributed by atoms with Gasteiger partial charge in [-0.2, -0.15) is 0 Å². The van der Waals surface area contributed by atoms with E-state index in [1.807, 2.05) is 13.8 Å². The van der Waals surface area contributed by atoms with Gasteiger partial charge in [-0.15, -0.1) is 0 Å². The van der Waals surface area contributed by atoms with E-state index in [-0.39, 0.29) is 12.3 Å². The maximum Gasteiger partial charge on any atom is 0.311 e. The van der Waals surface area contributed by atoms with Gasteiger partial charge in [0.05, 0.1) is 32.7 Å². The summed E-state index contributed by atoms with van der Waals surface area (Å²) in [5.74, 6) is -1.73. The van der Waals surface area contributed by atoms with Crippen molar-refractivity contribution in [3.05, 3.63) is 0 Å². The number of hydrogen-bond donors (Lipinski definition) is 1. The van der Waals surface area contributed by atoms with Crippen LogP contribution in [-0.2, 0) is 19.1 Å². The van der Waals surface area contributed by atoms with E-state index in [9.17, 15) is 14.7 Å². The fraction of sp³-hybridized carbons (Fsp3) is 0.818. The van der Waals surface area contributed by atoms with Crippen LogP contribution in [0.15, 0.2) is 0 Å². The van der Waals surface area contributed by atoms with E-state index in [2.05, 4.69) is 9.47 Å². The number of ether oxygens (including phenoxy) is 2. The fourth-order valence-corrected chi connectivity index (χ4v) is 1.44. The van der Waals surface area contributed by atoms with Gasteiger partial charge < -0.3 is 14.6 Å². The molecule has 0 fully saturated rings. The Morgan fingerprint density at radius 3 is 2.12 bits per heavy atom. The Morgan fingerprint density at radius 1 is 1.19 bits per heavy atom. The highest BCUT2D eigenvalue weighted by Gasteiger charge is 2.30. The Labute approximate surface area is 95.7 Å². The summed E-state index contributed by atoms with van der Waals surface area (Å²) in [6.45, 7) is 3.85. The molecule has 0 radical (unpaired) electrons. The minimum Gasteiger partial charge on any atom is -0.469 e. The lowest BCUT2D eigenvalue weighted by atomic mass is 9.92. The molecule has 0 aromatic rings. The quantitative estimate of drug-likeness (QED) is 0.684. The maximum absolute atomic E-state index is 11.4. The Hall–Kier alpha value is -1.10. The van der Waals surface area contributed by atoms with Gasteiger partial charge in [0, 0.05) is 0 Å². The maximum atomic E-state index is 11.4. The highest BCUT2D eigenvalue weighted by atomic mass is 16.5. The van der Waals surface area contributed by atoms with Crippen LogP contribution in [0.1, 0.15) is 26.7 Å². The lowest BCUT2D eigenvalue weighted by Crippen LogP contribution is -2.32. The third kappa shape index (κ3) is 5.11. The summed E-state index contributed by atoms with van der Waals surface area (Å²) in [5.41, 5.74) is 0. The predicted molar refractivity (Wildman–Crippen MR) is 57.6 cm³/mol. The van der Waals surface area contributed by atoms with Gasteiger partial charge in [-0.3, -0.25) is 9.59 Å². The summed E-state index contributed by atoms with van der Waals surface area (Å²) in [7, 11) is 2.47. The molecule has 0 saturated heterocycles. The third-order valence-corrected chi connectivity index (χ3v) is 2.30. The first kappa shape index (κ1) is 14.9. The average molecular weight is 232 g/mol. The van der Waals surface area contributed by atoms with E-state index in [4.69, 9.17) is 0 Å². The molecule has 0 aromatic heterocycles. The lowest BCUT2D eigenvalue weighted by Gasteiger charge is -2.21. The molecular formula is C11H20O5. The molecule has 2 atom stereocenters. The molecule has 0 spiro atoms. The van der Waals surface area contributed by atoms with Crippen molar-refractivity contribution in [1.82, 2.24) is 0 Å². The summed E-state index contributed by atoms with van der Waals surface area (Å²) in [6, 6.07) is 0. The van der Waals surface area contributed by atoms with Gasteiger partial charge in [0.25, 0.3) is 0 Å². The first-order chi connectivity index (χ1) is 7.42. The van der Waals surface area contributed by atoms with E-state index in [0.29, 0.717) is 6.42 Å². The second-order valence-corrected chi connectivity index (χ2v) is 4.11. The molecule has 5 nitrogen and oxygen atoms in total. The van der Waals surface area contributed by atoms with Crippen LogP contribution in [-0.4, -0.2) is 37.4 Å². The molecule has 0 aliphatic rings. The van der Waals surface area contributed by atoms with Gasteiger partial charge in [0.1, 0.15) is 0 Å². The molecule has 1 N–H and O–H groups in total. The zero-order chi connectivity index (χ0) is 12.7. The van der Waals surface area contributed by atoms with E-state index >= 15 is 0 Å². The van der Waals surface area contributed by atoms with Crippen molar-refractivity contribution in [3.8, 4) is 0 Å². The van der Waals surface area contributed by atoms with Crippen LogP contribution in [0.2, 0.25) is 0 Å². The van der Waals surface area contributed by atoms with Crippen LogP contribution >= 0.6 is 0 Å². The molecule has 0 heterocycles.